The van der Waals surface area contributed by atoms with E-state index in [-0.39, 0.29) is 0 Å². The van der Waals surface area contributed by atoms with Crippen LogP contribution in [0.15, 0.2) is 12.2 Å². The minimum absolute atomic E-state index is 0.631. The first-order valence-corrected chi connectivity index (χ1v) is 10.1. The van der Waals surface area contributed by atoms with Gasteiger partial charge in [-0.3, -0.25) is 0 Å². The Labute approximate surface area is 145 Å². The van der Waals surface area contributed by atoms with E-state index in [9.17, 15) is 0 Å². The van der Waals surface area contributed by atoms with Gasteiger partial charge in [-0.05, 0) is 38.6 Å². The first kappa shape index (κ1) is 22.2. The van der Waals surface area contributed by atoms with Gasteiger partial charge >= 0.3 is 0 Å². The maximum Gasteiger partial charge on any atom is 0.0635 e. The van der Waals surface area contributed by atoms with Gasteiger partial charge in [0, 0.05) is 13.0 Å². The Morgan fingerprint density at radius 1 is 0.696 bits per heavy atom. The molecule has 0 radical (unpaired) electrons. The number of nitriles is 1. The molecular formula is C21H40N2. The van der Waals surface area contributed by atoms with Crippen LogP contribution in [-0.4, -0.2) is 13.1 Å². The van der Waals surface area contributed by atoms with Crippen molar-refractivity contribution in [3.63, 3.8) is 0 Å². The van der Waals surface area contributed by atoms with Gasteiger partial charge in [0.25, 0.3) is 0 Å². The minimum atomic E-state index is 0.631. The SMILES string of the molecule is CCCCCCCC/C=C\CCCCCCCCNCCC#N. The van der Waals surface area contributed by atoms with E-state index in [1.54, 1.807) is 0 Å². The summed E-state index contributed by atoms with van der Waals surface area (Å²) < 4.78 is 0. The Morgan fingerprint density at radius 3 is 1.78 bits per heavy atom. The molecule has 2 heteroatoms. The van der Waals surface area contributed by atoms with Crippen molar-refractivity contribution in [2.24, 2.45) is 0 Å². The fraction of sp³-hybridized carbons (Fsp3) is 0.857. The van der Waals surface area contributed by atoms with E-state index >= 15 is 0 Å². The quantitative estimate of drug-likeness (QED) is 0.230. The maximum absolute atomic E-state index is 8.42. The molecule has 0 heterocycles. The van der Waals surface area contributed by atoms with Crippen LogP contribution in [0.25, 0.3) is 0 Å². The highest BCUT2D eigenvalue weighted by Crippen LogP contribution is 2.09. The lowest BCUT2D eigenvalue weighted by molar-refractivity contribution is 0.569. The van der Waals surface area contributed by atoms with E-state index < -0.39 is 0 Å². The molecule has 0 aliphatic heterocycles. The van der Waals surface area contributed by atoms with Crippen molar-refractivity contribution >= 4 is 0 Å². The molecule has 0 spiro atoms. The van der Waals surface area contributed by atoms with Crippen LogP contribution < -0.4 is 5.32 Å². The zero-order chi connectivity index (χ0) is 16.8. The summed E-state index contributed by atoms with van der Waals surface area (Å²) in [5.74, 6) is 0. The highest BCUT2D eigenvalue weighted by Gasteiger charge is 1.92. The molecule has 0 bridgehead atoms. The maximum atomic E-state index is 8.42. The lowest BCUT2D eigenvalue weighted by Gasteiger charge is -2.02. The summed E-state index contributed by atoms with van der Waals surface area (Å²) in [5.41, 5.74) is 0. The van der Waals surface area contributed by atoms with Crippen molar-refractivity contribution in [1.82, 2.24) is 5.32 Å². The third-order valence-electron chi connectivity index (χ3n) is 4.28. The number of unbranched alkanes of at least 4 members (excludes halogenated alkanes) is 12. The lowest BCUT2D eigenvalue weighted by Crippen LogP contribution is -2.15. The van der Waals surface area contributed by atoms with Crippen LogP contribution in [0.2, 0.25) is 0 Å². The Kier molecular flexibility index (Phi) is 20.4. The predicted octanol–water partition coefficient (Wildman–Crippen LogP) is 6.53. The number of rotatable bonds is 18. The van der Waals surface area contributed by atoms with Crippen molar-refractivity contribution in [3.8, 4) is 6.07 Å². The Bertz CT molecular complexity index is 278. The molecule has 0 aliphatic rings. The highest BCUT2D eigenvalue weighted by molar-refractivity contribution is 4.81. The van der Waals surface area contributed by atoms with E-state index in [0.29, 0.717) is 6.42 Å². The number of hydrogen-bond acceptors (Lipinski definition) is 2. The molecular weight excluding hydrogens is 280 g/mol. The normalized spacial score (nSPS) is 11.1. The molecule has 0 aromatic carbocycles. The zero-order valence-corrected chi connectivity index (χ0v) is 15.6. The van der Waals surface area contributed by atoms with Crippen LogP contribution in [0.3, 0.4) is 0 Å². The molecule has 0 amide bonds. The predicted molar refractivity (Wildman–Crippen MR) is 103 cm³/mol. The Morgan fingerprint density at radius 2 is 1.22 bits per heavy atom. The van der Waals surface area contributed by atoms with Gasteiger partial charge in [0.2, 0.25) is 0 Å². The smallest absolute Gasteiger partial charge is 0.0635 e. The summed E-state index contributed by atoms with van der Waals surface area (Å²) in [6, 6.07) is 2.16. The summed E-state index contributed by atoms with van der Waals surface area (Å²) in [7, 11) is 0. The molecule has 2 nitrogen and oxygen atoms in total. The first-order valence-electron chi connectivity index (χ1n) is 10.1. The second kappa shape index (κ2) is 21.2. The Hall–Kier alpha value is -0.810. The van der Waals surface area contributed by atoms with E-state index in [0.717, 1.165) is 13.1 Å². The molecule has 134 valence electrons. The number of nitrogens with zero attached hydrogens (tertiary/aromatic N) is 1. The third kappa shape index (κ3) is 21.2. The molecule has 0 saturated heterocycles. The summed E-state index contributed by atoms with van der Waals surface area (Å²) in [6.45, 7) is 4.20. The van der Waals surface area contributed by atoms with Gasteiger partial charge in [-0.25, -0.2) is 0 Å². The third-order valence-corrected chi connectivity index (χ3v) is 4.28. The number of allylic oxidation sites excluding steroid dienone is 2. The minimum Gasteiger partial charge on any atom is -0.316 e. The fourth-order valence-corrected chi connectivity index (χ4v) is 2.77. The average molecular weight is 321 g/mol. The number of hydrogen-bond donors (Lipinski definition) is 1. The summed E-state index contributed by atoms with van der Waals surface area (Å²) in [6.07, 6.45) is 24.4. The number of nitrogens with one attached hydrogen (secondary N) is 1. The van der Waals surface area contributed by atoms with Gasteiger partial charge < -0.3 is 5.32 Å². The van der Waals surface area contributed by atoms with Gasteiger partial charge in [-0.1, -0.05) is 76.9 Å². The van der Waals surface area contributed by atoms with Crippen LogP contribution in [0.4, 0.5) is 0 Å². The van der Waals surface area contributed by atoms with Crippen LogP contribution >= 0.6 is 0 Å². The molecule has 1 N–H and O–H groups in total. The van der Waals surface area contributed by atoms with Gasteiger partial charge in [0.1, 0.15) is 0 Å². The van der Waals surface area contributed by atoms with Crippen LogP contribution in [0.1, 0.15) is 103 Å². The highest BCUT2D eigenvalue weighted by atomic mass is 14.8. The van der Waals surface area contributed by atoms with Gasteiger partial charge in [0.05, 0.1) is 6.07 Å². The fourth-order valence-electron chi connectivity index (χ4n) is 2.77. The standard InChI is InChI=1S/C21H40N2/c1-2-3-4-5-6-7-8-9-10-11-12-13-14-15-16-17-20-23-21-18-19-22/h9-10,23H,2-8,11-18,20-21H2,1H3/b10-9-. The van der Waals surface area contributed by atoms with Crippen molar-refractivity contribution in [2.45, 2.75) is 103 Å². The molecule has 0 aliphatic carbocycles. The van der Waals surface area contributed by atoms with Gasteiger partial charge in [0.15, 0.2) is 0 Å². The second-order valence-corrected chi connectivity index (χ2v) is 6.60. The van der Waals surface area contributed by atoms with Crippen molar-refractivity contribution < 1.29 is 0 Å². The van der Waals surface area contributed by atoms with Crippen molar-refractivity contribution in [1.29, 1.82) is 5.26 Å². The van der Waals surface area contributed by atoms with Gasteiger partial charge in [-0.15, -0.1) is 0 Å². The molecule has 0 aromatic rings. The zero-order valence-electron chi connectivity index (χ0n) is 15.6. The van der Waals surface area contributed by atoms with E-state index in [1.165, 1.54) is 89.9 Å². The van der Waals surface area contributed by atoms with E-state index in [1.807, 2.05) is 0 Å². The van der Waals surface area contributed by atoms with Crippen molar-refractivity contribution in [2.75, 3.05) is 13.1 Å². The van der Waals surface area contributed by atoms with Crippen LogP contribution in [-0.2, 0) is 0 Å². The topological polar surface area (TPSA) is 35.8 Å². The van der Waals surface area contributed by atoms with Gasteiger partial charge in [-0.2, -0.15) is 5.26 Å². The molecule has 0 aromatic heterocycles. The average Bonchev–Trinajstić information content (AvgIpc) is 2.57. The summed E-state index contributed by atoms with van der Waals surface area (Å²) in [4.78, 5) is 0. The molecule has 0 fully saturated rings. The largest absolute Gasteiger partial charge is 0.316 e. The van der Waals surface area contributed by atoms with Crippen LogP contribution in [0.5, 0.6) is 0 Å². The van der Waals surface area contributed by atoms with Crippen LogP contribution in [0, 0.1) is 11.3 Å². The first-order chi connectivity index (χ1) is 11.4. The summed E-state index contributed by atoms with van der Waals surface area (Å²) >= 11 is 0. The van der Waals surface area contributed by atoms with Crippen molar-refractivity contribution in [3.05, 3.63) is 12.2 Å². The second-order valence-electron chi connectivity index (χ2n) is 6.60. The summed E-state index contributed by atoms with van der Waals surface area (Å²) in [5, 5.41) is 11.7. The van der Waals surface area contributed by atoms with E-state index in [2.05, 4.69) is 30.5 Å². The molecule has 0 unspecified atom stereocenters. The Balaban J connectivity index is 3.04. The van der Waals surface area contributed by atoms with E-state index in [4.69, 9.17) is 5.26 Å². The lowest BCUT2D eigenvalue weighted by atomic mass is 10.1. The monoisotopic (exact) mass is 320 g/mol. The molecule has 0 rings (SSSR count). The molecule has 23 heavy (non-hydrogen) atoms. The molecule has 0 saturated carbocycles. The molecule has 0 atom stereocenters.